The van der Waals surface area contributed by atoms with Crippen molar-refractivity contribution in [1.82, 2.24) is 0 Å². The smallest absolute Gasteiger partial charge is 0.228 e. The molecule has 0 unspecified atom stereocenters. The van der Waals surface area contributed by atoms with Crippen LogP contribution in [0.15, 0.2) is 48.1 Å². The van der Waals surface area contributed by atoms with E-state index in [1.54, 1.807) is 0 Å². The molecule has 0 fully saturated rings. The molecule has 0 saturated heterocycles. The summed E-state index contributed by atoms with van der Waals surface area (Å²) in [5, 5.41) is 2.97. The minimum atomic E-state index is 0.0544. The number of benzene rings is 1. The number of carbonyl (C=O) groups excluding carboxylic acids is 1. The summed E-state index contributed by atoms with van der Waals surface area (Å²) in [6, 6.07) is 8.07. The molecule has 1 aromatic rings. The van der Waals surface area contributed by atoms with Gasteiger partial charge in [-0.15, -0.1) is 0 Å². The molecule has 0 aliphatic heterocycles. The third-order valence-electron chi connectivity index (χ3n) is 3.27. The highest BCUT2D eigenvalue weighted by Crippen LogP contribution is 2.19. The number of nitrogens with one attached hydrogen (secondary N) is 1. The second-order valence-electron chi connectivity index (χ2n) is 5.26. The zero-order valence-electron chi connectivity index (χ0n) is 15.6. The third-order valence-corrected chi connectivity index (χ3v) is 3.27. The fraction of sp³-hybridized carbons (Fsp3) is 0.476. The molecule has 0 radical (unpaired) electrons. The van der Waals surface area contributed by atoms with E-state index < -0.39 is 0 Å². The van der Waals surface area contributed by atoms with Crippen LogP contribution in [0.3, 0.4) is 0 Å². The first kappa shape index (κ1) is 21.2. The van der Waals surface area contributed by atoms with Crippen molar-refractivity contribution in [3.8, 4) is 0 Å². The van der Waals surface area contributed by atoms with Gasteiger partial charge in [-0.05, 0) is 42.0 Å². The van der Waals surface area contributed by atoms with E-state index in [1.165, 1.54) is 5.56 Å². The molecule has 0 spiro atoms. The van der Waals surface area contributed by atoms with Gasteiger partial charge in [0.1, 0.15) is 0 Å². The van der Waals surface area contributed by atoms with Crippen LogP contribution in [0.5, 0.6) is 0 Å². The molecule has 1 aliphatic carbocycles. The summed E-state index contributed by atoms with van der Waals surface area (Å²) in [5.74, 6) is 0.527. The van der Waals surface area contributed by atoms with Gasteiger partial charge in [0, 0.05) is 5.69 Å². The van der Waals surface area contributed by atoms with Crippen LogP contribution in [-0.2, 0) is 4.79 Å². The number of carbonyl (C=O) groups is 1. The average molecular weight is 316 g/mol. The molecular formula is C21H33NO. The van der Waals surface area contributed by atoms with Gasteiger partial charge in [0.15, 0.2) is 0 Å². The monoisotopic (exact) mass is 315 g/mol. The van der Waals surface area contributed by atoms with Crippen LogP contribution in [0.4, 0.5) is 5.69 Å². The van der Waals surface area contributed by atoms with Gasteiger partial charge in [-0.3, -0.25) is 4.79 Å². The van der Waals surface area contributed by atoms with E-state index in [9.17, 15) is 4.79 Å². The highest BCUT2D eigenvalue weighted by molar-refractivity contribution is 5.92. The van der Waals surface area contributed by atoms with Gasteiger partial charge in [0.2, 0.25) is 5.91 Å². The van der Waals surface area contributed by atoms with Crippen molar-refractivity contribution in [3.63, 3.8) is 0 Å². The molecule has 0 saturated carbocycles. The van der Waals surface area contributed by atoms with Crippen molar-refractivity contribution in [3.05, 3.63) is 53.6 Å². The maximum Gasteiger partial charge on any atom is 0.228 e. The number of hydrogen-bond acceptors (Lipinski definition) is 1. The van der Waals surface area contributed by atoms with Crippen molar-refractivity contribution in [2.45, 2.75) is 66.7 Å². The van der Waals surface area contributed by atoms with Crippen LogP contribution in [-0.4, -0.2) is 5.91 Å². The molecule has 23 heavy (non-hydrogen) atoms. The van der Waals surface area contributed by atoms with Crippen molar-refractivity contribution in [2.24, 2.45) is 0 Å². The predicted molar refractivity (Wildman–Crippen MR) is 103 cm³/mol. The maximum absolute atomic E-state index is 12.0. The van der Waals surface area contributed by atoms with Crippen LogP contribution in [0.1, 0.15) is 72.3 Å². The summed E-state index contributed by atoms with van der Waals surface area (Å²) in [4.78, 5) is 12.0. The third kappa shape index (κ3) is 8.39. The lowest BCUT2D eigenvalue weighted by molar-refractivity contribution is -0.115. The van der Waals surface area contributed by atoms with Crippen LogP contribution < -0.4 is 5.32 Å². The van der Waals surface area contributed by atoms with Crippen molar-refractivity contribution < 1.29 is 4.79 Å². The summed E-state index contributed by atoms with van der Waals surface area (Å²) in [6.45, 7) is 12.3. The number of allylic oxidation sites excluding steroid dienone is 3. The highest BCUT2D eigenvalue weighted by Gasteiger charge is 2.07. The standard InChI is InChI=1S/C17H21NO.2C2H6/c1-13(2)15-9-6-10-16(12-15)18-17(19)11-14-7-4-3-5-8-14;2*1-2/h4,6-10,12-13H,3,5,11H2,1-2H3,(H,18,19);2*1-2H3. The Kier molecular flexibility index (Phi) is 11.7. The number of amides is 1. The van der Waals surface area contributed by atoms with Gasteiger partial charge in [0.25, 0.3) is 0 Å². The Bertz CT molecular complexity index is 512. The summed E-state index contributed by atoms with van der Waals surface area (Å²) < 4.78 is 0. The van der Waals surface area contributed by atoms with E-state index in [4.69, 9.17) is 0 Å². The van der Waals surface area contributed by atoms with Gasteiger partial charge >= 0.3 is 0 Å². The van der Waals surface area contributed by atoms with E-state index in [-0.39, 0.29) is 5.91 Å². The molecule has 1 aromatic carbocycles. The Labute approximate surface area is 142 Å². The number of hydrogen-bond donors (Lipinski definition) is 1. The fourth-order valence-electron chi connectivity index (χ4n) is 2.16. The summed E-state index contributed by atoms with van der Waals surface area (Å²) >= 11 is 0. The molecule has 1 amide bonds. The summed E-state index contributed by atoms with van der Waals surface area (Å²) in [6.07, 6.45) is 8.91. The van der Waals surface area contributed by atoms with Crippen LogP contribution in [0.2, 0.25) is 0 Å². The van der Waals surface area contributed by atoms with Gasteiger partial charge < -0.3 is 5.32 Å². The molecule has 0 aromatic heterocycles. The van der Waals surface area contributed by atoms with E-state index in [2.05, 4.69) is 37.4 Å². The largest absolute Gasteiger partial charge is 0.326 e. The van der Waals surface area contributed by atoms with Crippen molar-refractivity contribution in [1.29, 1.82) is 0 Å². The molecule has 2 heteroatoms. The molecule has 0 heterocycles. The number of rotatable bonds is 4. The van der Waals surface area contributed by atoms with Gasteiger partial charge in [-0.2, -0.15) is 0 Å². The quantitative estimate of drug-likeness (QED) is 0.678. The average Bonchev–Trinajstić information content (AvgIpc) is 2.59. The Morgan fingerprint density at radius 1 is 1.13 bits per heavy atom. The minimum absolute atomic E-state index is 0.0544. The zero-order valence-corrected chi connectivity index (χ0v) is 15.6. The highest BCUT2D eigenvalue weighted by atomic mass is 16.1. The summed E-state index contributed by atoms with van der Waals surface area (Å²) in [7, 11) is 0. The first-order chi connectivity index (χ1) is 11.1. The maximum atomic E-state index is 12.0. The Morgan fingerprint density at radius 2 is 1.83 bits per heavy atom. The number of anilines is 1. The minimum Gasteiger partial charge on any atom is -0.326 e. The first-order valence-corrected chi connectivity index (χ1v) is 8.90. The Balaban J connectivity index is 0.00000112. The zero-order chi connectivity index (χ0) is 17.7. The molecule has 1 N–H and O–H groups in total. The van der Waals surface area contributed by atoms with Gasteiger partial charge in [-0.1, -0.05) is 71.9 Å². The molecule has 2 nitrogen and oxygen atoms in total. The molecule has 128 valence electrons. The SMILES string of the molecule is CC.CC.CC(C)c1cccc(NC(=O)CC2=CCCC=C2)c1. The molecule has 1 aliphatic rings. The van der Waals surface area contributed by atoms with Gasteiger partial charge in [-0.25, -0.2) is 0 Å². The van der Waals surface area contributed by atoms with Crippen LogP contribution in [0, 0.1) is 0 Å². The first-order valence-electron chi connectivity index (χ1n) is 8.90. The normalized spacial score (nSPS) is 12.4. The lowest BCUT2D eigenvalue weighted by Gasteiger charge is -2.10. The topological polar surface area (TPSA) is 29.1 Å². The van der Waals surface area contributed by atoms with Crippen molar-refractivity contribution >= 4 is 11.6 Å². The fourth-order valence-corrected chi connectivity index (χ4v) is 2.16. The lowest BCUT2D eigenvalue weighted by Crippen LogP contribution is -2.12. The van der Waals surface area contributed by atoms with E-state index in [0.717, 1.165) is 24.1 Å². The Hall–Kier alpha value is -1.83. The Morgan fingerprint density at radius 3 is 2.39 bits per heavy atom. The second-order valence-corrected chi connectivity index (χ2v) is 5.26. The van der Waals surface area contributed by atoms with Crippen LogP contribution >= 0.6 is 0 Å². The van der Waals surface area contributed by atoms with Gasteiger partial charge in [0.05, 0.1) is 6.42 Å². The second kappa shape index (κ2) is 12.7. The molecular weight excluding hydrogens is 282 g/mol. The van der Waals surface area contributed by atoms with E-state index >= 15 is 0 Å². The summed E-state index contributed by atoms with van der Waals surface area (Å²) in [5.41, 5.74) is 3.25. The van der Waals surface area contributed by atoms with Crippen molar-refractivity contribution in [2.75, 3.05) is 5.32 Å². The molecule has 0 bridgehead atoms. The molecule has 0 atom stereocenters. The molecule has 2 rings (SSSR count). The van der Waals surface area contributed by atoms with Crippen LogP contribution in [0.25, 0.3) is 0 Å². The van der Waals surface area contributed by atoms with E-state index in [1.807, 2.05) is 52.0 Å². The predicted octanol–water partition coefficient (Wildman–Crippen LogP) is 6.47. The van der Waals surface area contributed by atoms with E-state index in [0.29, 0.717) is 12.3 Å². The lowest BCUT2D eigenvalue weighted by atomic mass is 10.0.